The number of carbonyl (C=O) groups excluding carboxylic acids is 1. The number of hydrogen-bond donors (Lipinski definition) is 0. The first-order valence-electron chi connectivity index (χ1n) is 10.4. The molecule has 9 heteroatoms. The maximum Gasteiger partial charge on any atom is 0.363 e. The number of ether oxygens (including phenoxy) is 5. The molecule has 1 aliphatic heterocycles. The third-order valence-electron chi connectivity index (χ3n) is 5.26. The number of aromatic nitrogens is 1. The van der Waals surface area contributed by atoms with Gasteiger partial charge in [0.15, 0.2) is 17.2 Å². The summed E-state index contributed by atoms with van der Waals surface area (Å²) in [5.74, 6) is 2.49. The van der Waals surface area contributed by atoms with Gasteiger partial charge in [0, 0.05) is 11.6 Å². The van der Waals surface area contributed by atoms with Gasteiger partial charge in [-0.3, -0.25) is 0 Å². The molecular weight excluding hydrogens is 440 g/mol. The lowest BCUT2D eigenvalue weighted by molar-refractivity contribution is -0.129. The van der Waals surface area contributed by atoms with Gasteiger partial charge in [-0.15, -0.1) is 0 Å². The molecule has 0 bridgehead atoms. The van der Waals surface area contributed by atoms with E-state index < -0.39 is 5.97 Å². The molecule has 0 atom stereocenters. The number of aliphatic imine (C=N–C) groups is 1. The topological polar surface area (TPSA) is 102 Å². The molecule has 9 nitrogen and oxygen atoms in total. The Bertz CT molecular complexity index is 1250. The predicted molar refractivity (Wildman–Crippen MR) is 123 cm³/mol. The van der Waals surface area contributed by atoms with Gasteiger partial charge < -0.3 is 28.2 Å². The monoisotopic (exact) mass is 464 g/mol. The van der Waals surface area contributed by atoms with Gasteiger partial charge in [0.1, 0.15) is 23.9 Å². The molecule has 4 rings (SSSR count). The number of aryl methyl sites for hydroxylation is 2. The van der Waals surface area contributed by atoms with E-state index in [0.717, 1.165) is 11.3 Å². The van der Waals surface area contributed by atoms with Crippen molar-refractivity contribution in [1.82, 2.24) is 5.16 Å². The number of nitrogens with zero attached hydrogens (tertiary/aromatic N) is 2. The molecule has 34 heavy (non-hydrogen) atoms. The van der Waals surface area contributed by atoms with Crippen molar-refractivity contribution < 1.29 is 33.0 Å². The van der Waals surface area contributed by atoms with E-state index in [1.54, 1.807) is 63.8 Å². The lowest BCUT2D eigenvalue weighted by Crippen LogP contribution is -2.06. The van der Waals surface area contributed by atoms with Gasteiger partial charge >= 0.3 is 5.97 Å². The first-order valence-corrected chi connectivity index (χ1v) is 10.4. The van der Waals surface area contributed by atoms with Crippen LogP contribution in [0.3, 0.4) is 0 Å². The summed E-state index contributed by atoms with van der Waals surface area (Å²) in [6.45, 7) is 3.99. The van der Waals surface area contributed by atoms with Crippen LogP contribution >= 0.6 is 0 Å². The Morgan fingerprint density at radius 1 is 0.941 bits per heavy atom. The predicted octanol–water partition coefficient (Wildman–Crippen LogP) is 4.24. The van der Waals surface area contributed by atoms with E-state index in [1.807, 2.05) is 13.8 Å². The third-order valence-corrected chi connectivity index (χ3v) is 5.26. The van der Waals surface area contributed by atoms with E-state index in [-0.39, 0.29) is 11.6 Å². The average Bonchev–Trinajstić information content (AvgIpc) is 3.38. The first kappa shape index (κ1) is 22.9. The van der Waals surface area contributed by atoms with Crippen molar-refractivity contribution in [3.63, 3.8) is 0 Å². The summed E-state index contributed by atoms with van der Waals surface area (Å²) in [5.41, 5.74) is 3.08. The number of carbonyl (C=O) groups is 1. The van der Waals surface area contributed by atoms with Crippen molar-refractivity contribution in [2.45, 2.75) is 20.5 Å². The minimum absolute atomic E-state index is 0.156. The standard InChI is InChI=1S/C25H24N2O7/c1-14-20(15(2)34-27-14)13-32-22-7-6-16(9-23(22)31-5)8-21-25(28)33-24(26-21)17-10-18(29-3)12-19(11-17)30-4/h6-12H,13H2,1-5H3/b21-8-. The van der Waals surface area contributed by atoms with Crippen LogP contribution in [0, 0.1) is 13.8 Å². The molecule has 0 saturated carbocycles. The highest BCUT2D eigenvalue weighted by molar-refractivity contribution is 6.13. The maximum absolute atomic E-state index is 12.5. The van der Waals surface area contributed by atoms with Crippen LogP contribution in [0.5, 0.6) is 23.0 Å². The zero-order valence-electron chi connectivity index (χ0n) is 19.5. The van der Waals surface area contributed by atoms with Crippen LogP contribution in [-0.2, 0) is 16.1 Å². The van der Waals surface area contributed by atoms with E-state index in [0.29, 0.717) is 46.5 Å². The fraction of sp³-hybridized carbons (Fsp3) is 0.240. The van der Waals surface area contributed by atoms with Gasteiger partial charge in [-0.1, -0.05) is 11.2 Å². The zero-order chi connectivity index (χ0) is 24.2. The molecule has 1 aromatic heterocycles. The largest absolute Gasteiger partial charge is 0.497 e. The molecule has 0 fully saturated rings. The minimum atomic E-state index is -0.561. The summed E-state index contributed by atoms with van der Waals surface area (Å²) >= 11 is 0. The second-order valence-corrected chi connectivity index (χ2v) is 7.44. The zero-order valence-corrected chi connectivity index (χ0v) is 19.5. The van der Waals surface area contributed by atoms with Gasteiger partial charge in [0.25, 0.3) is 0 Å². The molecule has 0 unspecified atom stereocenters. The van der Waals surface area contributed by atoms with Crippen LogP contribution in [0.1, 0.15) is 28.1 Å². The average molecular weight is 464 g/mol. The molecule has 0 amide bonds. The van der Waals surface area contributed by atoms with Crippen LogP contribution in [0.15, 0.2) is 51.6 Å². The second kappa shape index (κ2) is 9.70. The Kier molecular flexibility index (Phi) is 6.53. The Labute approximate surface area is 196 Å². The van der Waals surface area contributed by atoms with Gasteiger partial charge in [0.2, 0.25) is 5.90 Å². The van der Waals surface area contributed by atoms with Crippen molar-refractivity contribution in [2.24, 2.45) is 4.99 Å². The second-order valence-electron chi connectivity index (χ2n) is 7.44. The van der Waals surface area contributed by atoms with Crippen molar-refractivity contribution in [3.05, 3.63) is 70.2 Å². The summed E-state index contributed by atoms with van der Waals surface area (Å²) in [4.78, 5) is 16.8. The van der Waals surface area contributed by atoms with Gasteiger partial charge in [0.05, 0.1) is 32.6 Å². The quantitative estimate of drug-likeness (QED) is 0.360. The highest BCUT2D eigenvalue weighted by Gasteiger charge is 2.25. The maximum atomic E-state index is 12.5. The van der Waals surface area contributed by atoms with Crippen molar-refractivity contribution in [1.29, 1.82) is 0 Å². The minimum Gasteiger partial charge on any atom is -0.497 e. The molecular formula is C25H24N2O7. The van der Waals surface area contributed by atoms with E-state index in [9.17, 15) is 4.79 Å². The molecule has 0 spiro atoms. The lowest BCUT2D eigenvalue weighted by Gasteiger charge is -2.11. The van der Waals surface area contributed by atoms with E-state index in [1.165, 1.54) is 0 Å². The van der Waals surface area contributed by atoms with E-state index in [4.69, 9.17) is 28.2 Å². The van der Waals surface area contributed by atoms with Crippen LogP contribution in [0.2, 0.25) is 0 Å². The lowest BCUT2D eigenvalue weighted by atomic mass is 10.1. The SMILES string of the molecule is COc1cc(OC)cc(C2=N/C(=C\c3ccc(OCc4c(C)noc4C)c(OC)c3)C(=O)O2)c1. The highest BCUT2D eigenvalue weighted by atomic mass is 16.6. The van der Waals surface area contributed by atoms with Crippen LogP contribution in [0.25, 0.3) is 6.08 Å². The Morgan fingerprint density at radius 2 is 1.68 bits per heavy atom. The van der Waals surface area contributed by atoms with Crippen molar-refractivity contribution >= 4 is 17.9 Å². The summed E-state index contributed by atoms with van der Waals surface area (Å²) in [7, 11) is 4.63. The number of cyclic esters (lactones) is 1. The smallest absolute Gasteiger partial charge is 0.363 e. The van der Waals surface area contributed by atoms with Crippen LogP contribution < -0.4 is 18.9 Å². The summed E-state index contributed by atoms with van der Waals surface area (Å²) in [6, 6.07) is 10.5. The normalized spacial score (nSPS) is 14.1. The molecule has 0 saturated heterocycles. The summed E-state index contributed by atoms with van der Waals surface area (Å²) in [5, 5.41) is 3.93. The fourth-order valence-electron chi connectivity index (χ4n) is 3.37. The molecule has 0 radical (unpaired) electrons. The number of rotatable bonds is 8. The summed E-state index contributed by atoms with van der Waals surface area (Å²) in [6.07, 6.45) is 1.62. The van der Waals surface area contributed by atoms with Gasteiger partial charge in [-0.25, -0.2) is 9.79 Å². The van der Waals surface area contributed by atoms with Gasteiger partial charge in [-0.2, -0.15) is 0 Å². The molecule has 0 aliphatic carbocycles. The molecule has 2 aromatic carbocycles. The Balaban J connectivity index is 1.57. The van der Waals surface area contributed by atoms with Crippen molar-refractivity contribution in [2.75, 3.05) is 21.3 Å². The number of benzene rings is 2. The molecule has 3 aromatic rings. The summed E-state index contributed by atoms with van der Waals surface area (Å²) < 4.78 is 32.5. The number of esters is 1. The Morgan fingerprint density at radius 3 is 2.29 bits per heavy atom. The van der Waals surface area contributed by atoms with E-state index >= 15 is 0 Å². The molecule has 176 valence electrons. The van der Waals surface area contributed by atoms with Crippen molar-refractivity contribution in [3.8, 4) is 23.0 Å². The highest BCUT2D eigenvalue weighted by Crippen LogP contribution is 2.31. The molecule has 2 heterocycles. The Hall–Kier alpha value is -4.27. The number of methoxy groups -OCH3 is 3. The molecule has 0 N–H and O–H groups in total. The van der Waals surface area contributed by atoms with Crippen LogP contribution in [0.4, 0.5) is 0 Å². The number of hydrogen-bond acceptors (Lipinski definition) is 9. The fourth-order valence-corrected chi connectivity index (χ4v) is 3.37. The first-order chi connectivity index (χ1) is 16.4. The third kappa shape index (κ3) is 4.73. The van der Waals surface area contributed by atoms with Crippen LogP contribution in [-0.4, -0.2) is 38.4 Å². The van der Waals surface area contributed by atoms with Gasteiger partial charge in [-0.05, 0) is 49.8 Å². The molecule has 1 aliphatic rings. The van der Waals surface area contributed by atoms with E-state index in [2.05, 4.69) is 10.1 Å².